The molecular formula is C23H30N4O. The van der Waals surface area contributed by atoms with E-state index in [-0.39, 0.29) is 5.91 Å². The Kier molecular flexibility index (Phi) is 4.93. The van der Waals surface area contributed by atoms with Crippen molar-refractivity contribution in [2.45, 2.75) is 44.7 Å². The van der Waals surface area contributed by atoms with Gasteiger partial charge in [-0.1, -0.05) is 24.3 Å². The molecule has 2 heterocycles. The Morgan fingerprint density at radius 3 is 2.71 bits per heavy atom. The maximum absolute atomic E-state index is 12.8. The van der Waals surface area contributed by atoms with E-state index in [1.165, 1.54) is 38.6 Å². The summed E-state index contributed by atoms with van der Waals surface area (Å²) in [6.07, 6.45) is 12.8. The van der Waals surface area contributed by atoms with Crippen LogP contribution in [-0.2, 0) is 11.3 Å². The minimum absolute atomic E-state index is 0.121. The molecule has 1 aromatic heterocycles. The zero-order valence-electron chi connectivity index (χ0n) is 16.5. The highest BCUT2D eigenvalue weighted by Gasteiger charge is 2.42. The molecule has 0 radical (unpaired) electrons. The molecule has 148 valence electrons. The van der Waals surface area contributed by atoms with Gasteiger partial charge in [0, 0.05) is 25.7 Å². The van der Waals surface area contributed by atoms with E-state index in [9.17, 15) is 4.79 Å². The molecule has 4 atom stereocenters. The third kappa shape index (κ3) is 3.60. The Morgan fingerprint density at radius 1 is 1.11 bits per heavy atom. The molecule has 2 aromatic rings. The highest BCUT2D eigenvalue weighted by Crippen LogP contribution is 2.37. The molecule has 2 bridgehead atoms. The van der Waals surface area contributed by atoms with Gasteiger partial charge in [0.25, 0.3) is 0 Å². The molecule has 1 saturated carbocycles. The number of nitrogens with zero attached hydrogens (tertiary/aromatic N) is 3. The standard InChI is InChI=1S/C23H30N4O/c28-22(15-27-16-24-20-8-4-5-9-21(20)27)25-23-18-10-11-19(23)14-26(13-18)12-17-6-2-1-3-7-17/h1-2,4-5,8-9,16-19,23H,3,6-7,10-15H2,(H,25,28)/t17?,18-,19+,23?. The van der Waals surface area contributed by atoms with Crippen molar-refractivity contribution in [1.82, 2.24) is 19.8 Å². The third-order valence-corrected chi connectivity index (χ3v) is 6.97. The number of likely N-dealkylation sites (tertiary alicyclic amines) is 1. The zero-order chi connectivity index (χ0) is 18.9. The number of nitrogens with one attached hydrogen (secondary N) is 1. The van der Waals surface area contributed by atoms with Crippen molar-refractivity contribution < 1.29 is 4.79 Å². The smallest absolute Gasteiger partial charge is 0.240 e. The van der Waals surface area contributed by atoms with Crippen LogP contribution in [0.4, 0.5) is 0 Å². The van der Waals surface area contributed by atoms with Gasteiger partial charge in [-0.05, 0) is 62.0 Å². The Bertz CT molecular complexity index is 858. The number of rotatable bonds is 5. The van der Waals surface area contributed by atoms with Crippen LogP contribution in [-0.4, -0.2) is 46.0 Å². The molecule has 1 N–H and O–H groups in total. The maximum Gasteiger partial charge on any atom is 0.240 e. The van der Waals surface area contributed by atoms with Crippen molar-refractivity contribution >= 4 is 16.9 Å². The fourth-order valence-corrected chi connectivity index (χ4v) is 5.61. The molecule has 3 aliphatic rings. The molecule has 2 aliphatic carbocycles. The number of fused-ring (bicyclic) bond motifs is 3. The average molecular weight is 379 g/mol. The fraction of sp³-hybridized carbons (Fsp3) is 0.565. The lowest BCUT2D eigenvalue weighted by atomic mass is 9.89. The van der Waals surface area contributed by atoms with Crippen LogP contribution in [0.15, 0.2) is 42.7 Å². The summed E-state index contributed by atoms with van der Waals surface area (Å²) in [4.78, 5) is 19.8. The summed E-state index contributed by atoms with van der Waals surface area (Å²) in [5.74, 6) is 2.17. The van der Waals surface area contributed by atoms with E-state index in [1.54, 1.807) is 6.33 Å². The molecule has 2 unspecified atom stereocenters. The van der Waals surface area contributed by atoms with E-state index in [1.807, 2.05) is 28.8 Å². The number of aromatic nitrogens is 2. The van der Waals surface area contributed by atoms with Gasteiger partial charge in [-0.25, -0.2) is 4.98 Å². The topological polar surface area (TPSA) is 50.2 Å². The van der Waals surface area contributed by atoms with Crippen molar-refractivity contribution in [3.05, 3.63) is 42.7 Å². The van der Waals surface area contributed by atoms with E-state index >= 15 is 0 Å². The molecule has 28 heavy (non-hydrogen) atoms. The normalized spacial score (nSPS) is 30.0. The average Bonchev–Trinajstić information content (AvgIpc) is 3.20. The Balaban J connectivity index is 1.18. The predicted octanol–water partition coefficient (Wildman–Crippen LogP) is 3.22. The van der Waals surface area contributed by atoms with Gasteiger partial charge < -0.3 is 14.8 Å². The Labute approximate surface area is 166 Å². The van der Waals surface area contributed by atoms with Crippen LogP contribution in [0, 0.1) is 17.8 Å². The highest BCUT2D eigenvalue weighted by atomic mass is 16.2. The summed E-state index contributed by atoms with van der Waals surface area (Å²) in [5, 5.41) is 3.38. The van der Waals surface area contributed by atoms with Gasteiger partial charge in [-0.2, -0.15) is 0 Å². The Morgan fingerprint density at radius 2 is 1.93 bits per heavy atom. The third-order valence-electron chi connectivity index (χ3n) is 6.97. The van der Waals surface area contributed by atoms with E-state index in [0.717, 1.165) is 30.0 Å². The van der Waals surface area contributed by atoms with E-state index < -0.39 is 0 Å². The van der Waals surface area contributed by atoms with Gasteiger partial charge in [-0.3, -0.25) is 4.79 Å². The number of benzene rings is 1. The van der Waals surface area contributed by atoms with Gasteiger partial charge >= 0.3 is 0 Å². The first-order valence-electron chi connectivity index (χ1n) is 10.8. The second-order valence-corrected chi connectivity index (χ2v) is 8.92. The number of carbonyl (C=O) groups is 1. The monoisotopic (exact) mass is 378 g/mol. The highest BCUT2D eigenvalue weighted by molar-refractivity contribution is 5.80. The van der Waals surface area contributed by atoms with Crippen molar-refractivity contribution in [2.75, 3.05) is 19.6 Å². The van der Waals surface area contributed by atoms with Crippen LogP contribution in [0.1, 0.15) is 32.1 Å². The van der Waals surface area contributed by atoms with E-state index in [4.69, 9.17) is 0 Å². The van der Waals surface area contributed by atoms with Gasteiger partial charge in [0.1, 0.15) is 6.54 Å². The molecule has 2 fully saturated rings. The van der Waals surface area contributed by atoms with Crippen LogP contribution in [0.25, 0.3) is 11.0 Å². The largest absolute Gasteiger partial charge is 0.351 e. The van der Waals surface area contributed by atoms with Gasteiger partial charge in [0.2, 0.25) is 5.91 Å². The number of imidazole rings is 1. The first-order valence-corrected chi connectivity index (χ1v) is 10.8. The van der Waals surface area contributed by atoms with Crippen molar-refractivity contribution in [3.8, 4) is 0 Å². The van der Waals surface area contributed by atoms with Crippen LogP contribution in [0.5, 0.6) is 0 Å². The lowest BCUT2D eigenvalue weighted by molar-refractivity contribution is -0.123. The number of carbonyl (C=O) groups excluding carboxylic acids is 1. The van der Waals surface area contributed by atoms with Crippen LogP contribution in [0.3, 0.4) is 0 Å². The second-order valence-electron chi connectivity index (χ2n) is 8.92. The summed E-state index contributed by atoms with van der Waals surface area (Å²) in [5.41, 5.74) is 1.97. The number of piperidine rings is 1. The SMILES string of the molecule is O=C(Cn1cnc2ccccc21)NC1[C@@H]2CC[C@H]1CN(CC1CC=CCC1)C2. The number of allylic oxidation sites excluding steroid dienone is 2. The van der Waals surface area contributed by atoms with Crippen LogP contribution >= 0.6 is 0 Å². The van der Waals surface area contributed by atoms with Crippen molar-refractivity contribution in [3.63, 3.8) is 0 Å². The first-order chi connectivity index (χ1) is 13.8. The molecule has 1 saturated heterocycles. The molecule has 5 rings (SSSR count). The van der Waals surface area contributed by atoms with Gasteiger partial charge in [0.05, 0.1) is 17.4 Å². The minimum Gasteiger partial charge on any atom is -0.351 e. The Hall–Kier alpha value is -2.14. The van der Waals surface area contributed by atoms with Gasteiger partial charge in [-0.15, -0.1) is 0 Å². The quantitative estimate of drug-likeness (QED) is 0.813. The predicted molar refractivity (Wildman–Crippen MR) is 111 cm³/mol. The zero-order valence-corrected chi connectivity index (χ0v) is 16.5. The summed E-state index contributed by atoms with van der Waals surface area (Å²) in [6, 6.07) is 8.34. The number of hydrogen-bond acceptors (Lipinski definition) is 3. The van der Waals surface area contributed by atoms with Gasteiger partial charge in [0.15, 0.2) is 0 Å². The molecule has 5 nitrogen and oxygen atoms in total. The summed E-state index contributed by atoms with van der Waals surface area (Å²) in [7, 11) is 0. The summed E-state index contributed by atoms with van der Waals surface area (Å²) >= 11 is 0. The summed E-state index contributed by atoms with van der Waals surface area (Å²) < 4.78 is 1.96. The maximum atomic E-state index is 12.8. The molecule has 5 heteroatoms. The lowest BCUT2D eigenvalue weighted by Crippen LogP contribution is -2.53. The lowest BCUT2D eigenvalue weighted by Gasteiger charge is -2.40. The van der Waals surface area contributed by atoms with Crippen LogP contribution in [0.2, 0.25) is 0 Å². The van der Waals surface area contributed by atoms with Crippen molar-refractivity contribution in [2.24, 2.45) is 17.8 Å². The fourth-order valence-electron chi connectivity index (χ4n) is 5.61. The van der Waals surface area contributed by atoms with E-state index in [2.05, 4.69) is 27.4 Å². The first kappa shape index (κ1) is 17.9. The number of para-hydroxylation sites is 2. The van der Waals surface area contributed by atoms with E-state index in [0.29, 0.717) is 24.4 Å². The molecule has 1 amide bonds. The molecule has 0 spiro atoms. The molecular weight excluding hydrogens is 348 g/mol. The molecule has 1 aromatic carbocycles. The summed E-state index contributed by atoms with van der Waals surface area (Å²) in [6.45, 7) is 3.89. The number of hydrogen-bond donors (Lipinski definition) is 1. The van der Waals surface area contributed by atoms with Crippen molar-refractivity contribution in [1.29, 1.82) is 0 Å². The minimum atomic E-state index is 0.121. The van der Waals surface area contributed by atoms with Crippen LogP contribution < -0.4 is 5.32 Å². The number of amides is 1. The molecule has 1 aliphatic heterocycles. The second kappa shape index (κ2) is 7.70.